The van der Waals surface area contributed by atoms with Crippen LogP contribution < -0.4 is 0 Å². The van der Waals surface area contributed by atoms with Gasteiger partial charge in [-0.15, -0.1) is 0 Å². The highest BCUT2D eigenvalue weighted by Gasteiger charge is 2.28. The van der Waals surface area contributed by atoms with Crippen LogP contribution in [0.15, 0.2) is 59.7 Å². The van der Waals surface area contributed by atoms with E-state index in [0.717, 1.165) is 16.8 Å². The lowest BCUT2D eigenvalue weighted by Gasteiger charge is -2.20. The molecule has 1 amide bonds. The standard InChI is InChI=1S/C22H23ClN2O3/c1-15(2)21(17-8-10-18(23)11-9-17)22(27)28-14-20(26)25-13-12-19(24-25)16-6-4-3-5-7-16/h3-11,15,21H,12-14H2,1-2H3/t21-/m0/s1. The van der Waals surface area contributed by atoms with E-state index in [1.165, 1.54) is 5.01 Å². The first-order valence-corrected chi connectivity index (χ1v) is 9.69. The summed E-state index contributed by atoms with van der Waals surface area (Å²) in [5.41, 5.74) is 2.68. The Balaban J connectivity index is 1.61. The van der Waals surface area contributed by atoms with E-state index in [4.69, 9.17) is 16.3 Å². The number of carbonyl (C=O) groups is 2. The number of carbonyl (C=O) groups excluding carboxylic acids is 2. The molecule has 0 N–H and O–H groups in total. The van der Waals surface area contributed by atoms with Crippen molar-refractivity contribution >= 4 is 29.2 Å². The fraction of sp³-hybridized carbons (Fsp3) is 0.318. The molecule has 0 aliphatic carbocycles. The van der Waals surface area contributed by atoms with Crippen molar-refractivity contribution in [1.29, 1.82) is 0 Å². The van der Waals surface area contributed by atoms with E-state index in [9.17, 15) is 9.59 Å². The number of amides is 1. The first-order chi connectivity index (χ1) is 13.5. The summed E-state index contributed by atoms with van der Waals surface area (Å²) < 4.78 is 5.33. The molecule has 146 valence electrons. The number of esters is 1. The van der Waals surface area contributed by atoms with Crippen LogP contribution in [0, 0.1) is 5.92 Å². The van der Waals surface area contributed by atoms with Gasteiger partial charge in [0.1, 0.15) is 0 Å². The van der Waals surface area contributed by atoms with E-state index >= 15 is 0 Å². The number of halogens is 1. The zero-order chi connectivity index (χ0) is 20.1. The number of hydrogen-bond donors (Lipinski definition) is 0. The second-order valence-corrected chi connectivity index (χ2v) is 7.50. The lowest BCUT2D eigenvalue weighted by molar-refractivity contribution is -0.154. The average Bonchev–Trinajstić information content (AvgIpc) is 3.18. The molecule has 0 fully saturated rings. The van der Waals surface area contributed by atoms with E-state index in [1.54, 1.807) is 12.1 Å². The molecule has 1 atom stereocenters. The second-order valence-electron chi connectivity index (χ2n) is 7.06. The molecule has 3 rings (SSSR count). The summed E-state index contributed by atoms with van der Waals surface area (Å²) in [7, 11) is 0. The van der Waals surface area contributed by atoms with Crippen LogP contribution in [0.2, 0.25) is 5.02 Å². The van der Waals surface area contributed by atoms with Crippen LogP contribution in [0.5, 0.6) is 0 Å². The number of benzene rings is 2. The molecular weight excluding hydrogens is 376 g/mol. The maximum Gasteiger partial charge on any atom is 0.314 e. The van der Waals surface area contributed by atoms with Gasteiger partial charge in [-0.2, -0.15) is 5.10 Å². The summed E-state index contributed by atoms with van der Waals surface area (Å²) in [5.74, 6) is -1.17. The molecule has 5 nitrogen and oxygen atoms in total. The fourth-order valence-corrected chi connectivity index (χ4v) is 3.36. The minimum Gasteiger partial charge on any atom is -0.455 e. The van der Waals surface area contributed by atoms with Gasteiger partial charge in [-0.3, -0.25) is 9.59 Å². The predicted molar refractivity (Wildman–Crippen MR) is 109 cm³/mol. The monoisotopic (exact) mass is 398 g/mol. The third kappa shape index (κ3) is 4.78. The Bertz CT molecular complexity index is 863. The van der Waals surface area contributed by atoms with Crippen LogP contribution in [0.4, 0.5) is 0 Å². The Morgan fingerprint density at radius 2 is 1.79 bits per heavy atom. The number of nitrogens with zero attached hydrogens (tertiary/aromatic N) is 2. The van der Waals surface area contributed by atoms with Crippen LogP contribution in [-0.2, 0) is 14.3 Å². The summed E-state index contributed by atoms with van der Waals surface area (Å²) in [6.07, 6.45) is 0.684. The van der Waals surface area contributed by atoms with Crippen molar-refractivity contribution in [1.82, 2.24) is 5.01 Å². The number of ether oxygens (including phenoxy) is 1. The number of hydrazone groups is 1. The van der Waals surface area contributed by atoms with Gasteiger partial charge in [0.05, 0.1) is 18.2 Å². The third-order valence-corrected chi connectivity index (χ3v) is 4.94. The molecule has 1 aliphatic heterocycles. The van der Waals surface area contributed by atoms with Crippen LogP contribution in [0.25, 0.3) is 0 Å². The molecule has 0 radical (unpaired) electrons. The first-order valence-electron chi connectivity index (χ1n) is 9.31. The summed E-state index contributed by atoms with van der Waals surface area (Å²) in [6.45, 7) is 4.06. The molecule has 6 heteroatoms. The van der Waals surface area contributed by atoms with Gasteiger partial charge in [0.25, 0.3) is 5.91 Å². The predicted octanol–water partition coefficient (Wildman–Crippen LogP) is 4.26. The summed E-state index contributed by atoms with van der Waals surface area (Å²) >= 11 is 5.93. The van der Waals surface area contributed by atoms with Crippen molar-refractivity contribution in [2.75, 3.05) is 13.2 Å². The molecule has 0 aromatic heterocycles. The quantitative estimate of drug-likeness (QED) is 0.683. The highest BCUT2D eigenvalue weighted by molar-refractivity contribution is 6.30. The molecule has 1 aliphatic rings. The Kier molecular flexibility index (Phi) is 6.47. The number of hydrogen-bond acceptors (Lipinski definition) is 4. The molecule has 0 bridgehead atoms. The van der Waals surface area contributed by atoms with E-state index in [2.05, 4.69) is 5.10 Å². The molecule has 28 heavy (non-hydrogen) atoms. The Morgan fingerprint density at radius 3 is 2.43 bits per heavy atom. The zero-order valence-electron chi connectivity index (χ0n) is 16.0. The third-order valence-electron chi connectivity index (χ3n) is 4.68. The first kappa shape index (κ1) is 20.1. The molecule has 0 saturated heterocycles. The summed E-state index contributed by atoms with van der Waals surface area (Å²) in [4.78, 5) is 25.0. The van der Waals surface area contributed by atoms with Gasteiger partial charge in [0, 0.05) is 11.4 Å². The topological polar surface area (TPSA) is 59.0 Å². The van der Waals surface area contributed by atoms with Crippen molar-refractivity contribution < 1.29 is 14.3 Å². The van der Waals surface area contributed by atoms with Gasteiger partial charge in [-0.25, -0.2) is 5.01 Å². The van der Waals surface area contributed by atoms with E-state index in [0.29, 0.717) is 18.0 Å². The maximum atomic E-state index is 12.6. The summed E-state index contributed by atoms with van der Waals surface area (Å²) in [6, 6.07) is 16.9. The maximum absolute atomic E-state index is 12.6. The Hall–Kier alpha value is -2.66. The molecule has 2 aromatic rings. The lowest BCUT2D eigenvalue weighted by atomic mass is 9.88. The average molecular weight is 399 g/mol. The SMILES string of the molecule is CC(C)[C@H](C(=O)OCC(=O)N1CCC(c2ccccc2)=N1)c1ccc(Cl)cc1. The van der Waals surface area contributed by atoms with E-state index in [-0.39, 0.29) is 18.4 Å². The Labute approximate surface area is 169 Å². The van der Waals surface area contributed by atoms with Gasteiger partial charge in [-0.1, -0.05) is 67.9 Å². The van der Waals surface area contributed by atoms with Crippen LogP contribution >= 0.6 is 11.6 Å². The van der Waals surface area contributed by atoms with Gasteiger partial charge in [0.15, 0.2) is 6.61 Å². The van der Waals surface area contributed by atoms with E-state index in [1.807, 2.05) is 56.3 Å². The molecule has 0 spiro atoms. The normalized spacial score (nSPS) is 14.7. The molecule has 0 saturated carbocycles. The van der Waals surface area contributed by atoms with Crippen molar-refractivity contribution in [2.45, 2.75) is 26.2 Å². The van der Waals surface area contributed by atoms with Crippen molar-refractivity contribution in [2.24, 2.45) is 11.0 Å². The number of rotatable bonds is 6. The molecule has 1 heterocycles. The largest absolute Gasteiger partial charge is 0.455 e. The van der Waals surface area contributed by atoms with Gasteiger partial charge < -0.3 is 4.74 Å². The zero-order valence-corrected chi connectivity index (χ0v) is 16.7. The minimum absolute atomic E-state index is 0.0262. The van der Waals surface area contributed by atoms with Crippen LogP contribution in [-0.4, -0.2) is 35.7 Å². The highest BCUT2D eigenvalue weighted by atomic mass is 35.5. The van der Waals surface area contributed by atoms with E-state index < -0.39 is 11.9 Å². The molecule has 0 unspecified atom stereocenters. The van der Waals surface area contributed by atoms with Crippen LogP contribution in [0.3, 0.4) is 0 Å². The van der Waals surface area contributed by atoms with Crippen molar-refractivity contribution in [3.8, 4) is 0 Å². The Morgan fingerprint density at radius 1 is 1.11 bits per heavy atom. The smallest absolute Gasteiger partial charge is 0.314 e. The highest BCUT2D eigenvalue weighted by Crippen LogP contribution is 2.27. The lowest BCUT2D eigenvalue weighted by Crippen LogP contribution is -2.30. The van der Waals surface area contributed by atoms with Crippen molar-refractivity contribution in [3.05, 3.63) is 70.7 Å². The molecule has 2 aromatic carbocycles. The molecular formula is C22H23ClN2O3. The minimum atomic E-state index is -0.452. The van der Waals surface area contributed by atoms with Gasteiger partial charge in [-0.05, 0) is 29.2 Å². The van der Waals surface area contributed by atoms with Gasteiger partial charge in [0.2, 0.25) is 0 Å². The summed E-state index contributed by atoms with van der Waals surface area (Å²) in [5, 5.41) is 6.36. The fourth-order valence-electron chi connectivity index (χ4n) is 3.23. The van der Waals surface area contributed by atoms with Crippen molar-refractivity contribution in [3.63, 3.8) is 0 Å². The van der Waals surface area contributed by atoms with Crippen LogP contribution in [0.1, 0.15) is 37.3 Å². The van der Waals surface area contributed by atoms with Gasteiger partial charge >= 0.3 is 5.97 Å². The second kappa shape index (κ2) is 9.02.